The van der Waals surface area contributed by atoms with E-state index in [1.807, 2.05) is 18.2 Å². The summed E-state index contributed by atoms with van der Waals surface area (Å²) in [5.74, 6) is -1.75. The number of carboxylic acids is 2. The van der Waals surface area contributed by atoms with Crippen molar-refractivity contribution in [3.05, 3.63) is 130 Å². The van der Waals surface area contributed by atoms with E-state index in [4.69, 9.17) is 4.74 Å². The Morgan fingerprint density at radius 2 is 1.48 bits per heavy atom. The second-order valence-electron chi connectivity index (χ2n) is 12.8. The van der Waals surface area contributed by atoms with Crippen LogP contribution in [0.5, 0.6) is 0 Å². The highest BCUT2D eigenvalue weighted by Gasteiger charge is 2.27. The summed E-state index contributed by atoms with van der Waals surface area (Å²) in [6.45, 7) is 10.2. The minimum Gasteiger partial charge on any atom is -0.481 e. The van der Waals surface area contributed by atoms with Gasteiger partial charge in [0.1, 0.15) is 0 Å². The lowest BCUT2D eigenvalue weighted by atomic mass is 9.88. The van der Waals surface area contributed by atoms with Crippen molar-refractivity contribution < 1.29 is 24.5 Å². The molecule has 0 aliphatic heterocycles. The monoisotopic (exact) mass is 625 g/mol. The number of ether oxygens (including phenoxy) is 1. The molecule has 3 aromatic rings. The van der Waals surface area contributed by atoms with Gasteiger partial charge in [0.05, 0.1) is 23.7 Å². The molecule has 0 aromatic heterocycles. The molecule has 0 saturated carbocycles. The Kier molecular flexibility index (Phi) is 14.9. The number of carboxylic acid groups (broad SMARTS) is 2. The number of aliphatic carboxylic acids is 1. The van der Waals surface area contributed by atoms with Gasteiger partial charge >= 0.3 is 11.9 Å². The van der Waals surface area contributed by atoms with Gasteiger partial charge in [-0.25, -0.2) is 4.79 Å². The van der Waals surface area contributed by atoms with Crippen molar-refractivity contribution in [2.24, 2.45) is 5.41 Å². The van der Waals surface area contributed by atoms with Crippen LogP contribution in [0.3, 0.4) is 0 Å². The summed E-state index contributed by atoms with van der Waals surface area (Å²) < 4.78 is 6.60. The summed E-state index contributed by atoms with van der Waals surface area (Å²) >= 11 is 0. The standard InChI is InChI=1S/C40H51NO5/c1-5-6-7-9-13-31(2)37(46-30-35-20-18-33(19-21-35)17-16-32-14-10-8-11-15-32)29-41(27-12-26-40(3,4)39(44)45)28-34-22-24-36(25-23-34)38(42)43/h7-11,13-15,18-25,37H,5-6,12,16-17,26-30H2,1-4H3,(H,42,43)(H,44,45)/b9-7-,31-13+. The second kappa shape index (κ2) is 18.8. The van der Waals surface area contributed by atoms with Gasteiger partial charge in [0, 0.05) is 13.1 Å². The lowest BCUT2D eigenvalue weighted by Gasteiger charge is -2.29. The summed E-state index contributed by atoms with van der Waals surface area (Å²) in [4.78, 5) is 25.4. The lowest BCUT2D eigenvalue weighted by Crippen LogP contribution is -2.36. The first-order chi connectivity index (χ1) is 22.1. The number of carbonyl (C=O) groups is 2. The highest BCUT2D eigenvalue weighted by Crippen LogP contribution is 2.24. The van der Waals surface area contributed by atoms with Crippen LogP contribution in [0.25, 0.3) is 0 Å². The van der Waals surface area contributed by atoms with Crippen molar-refractivity contribution in [3.8, 4) is 0 Å². The Bertz CT molecular complexity index is 1410. The van der Waals surface area contributed by atoms with E-state index in [9.17, 15) is 19.8 Å². The molecule has 1 unspecified atom stereocenters. The molecule has 1 atom stereocenters. The zero-order valence-electron chi connectivity index (χ0n) is 28.0. The highest BCUT2D eigenvalue weighted by atomic mass is 16.5. The number of hydrogen-bond donors (Lipinski definition) is 2. The van der Waals surface area contributed by atoms with Gasteiger partial charge in [-0.15, -0.1) is 0 Å². The van der Waals surface area contributed by atoms with E-state index >= 15 is 0 Å². The van der Waals surface area contributed by atoms with Crippen molar-refractivity contribution in [2.45, 2.75) is 85.5 Å². The number of benzene rings is 3. The number of rotatable bonds is 20. The van der Waals surface area contributed by atoms with Gasteiger partial charge in [-0.1, -0.05) is 98.3 Å². The topological polar surface area (TPSA) is 87.1 Å². The molecule has 6 heteroatoms. The van der Waals surface area contributed by atoms with E-state index < -0.39 is 17.4 Å². The number of hydrogen-bond acceptors (Lipinski definition) is 4. The van der Waals surface area contributed by atoms with Gasteiger partial charge in [0.2, 0.25) is 0 Å². The van der Waals surface area contributed by atoms with Crippen molar-refractivity contribution in [3.63, 3.8) is 0 Å². The van der Waals surface area contributed by atoms with Gasteiger partial charge < -0.3 is 14.9 Å². The Hall–Kier alpha value is -4.00. The first kappa shape index (κ1) is 36.5. The quantitative estimate of drug-likeness (QED) is 0.122. The Labute approximate surface area is 275 Å². The van der Waals surface area contributed by atoms with Crippen LogP contribution in [0.1, 0.15) is 86.0 Å². The third kappa shape index (κ3) is 12.8. The molecule has 0 aliphatic rings. The van der Waals surface area contributed by atoms with Gasteiger partial charge in [-0.05, 0) is 99.4 Å². The van der Waals surface area contributed by atoms with Crippen LogP contribution in [0.15, 0.2) is 103 Å². The molecule has 0 heterocycles. The summed E-state index contributed by atoms with van der Waals surface area (Å²) in [6, 6.07) is 26.1. The summed E-state index contributed by atoms with van der Waals surface area (Å²) in [5, 5.41) is 19.0. The SMILES string of the molecule is CCC/C=C\C=C(/C)C(CN(CCCC(C)(C)C(=O)O)Cc1ccc(C(=O)O)cc1)OCc1ccc(CCc2ccccc2)cc1. The Balaban J connectivity index is 1.75. The van der Waals surface area contributed by atoms with Gasteiger partial charge in [-0.2, -0.15) is 0 Å². The van der Waals surface area contributed by atoms with Crippen LogP contribution in [0, 0.1) is 5.41 Å². The van der Waals surface area contributed by atoms with Crippen LogP contribution in [-0.4, -0.2) is 46.2 Å². The van der Waals surface area contributed by atoms with E-state index in [0.29, 0.717) is 39.1 Å². The maximum Gasteiger partial charge on any atom is 0.335 e. The molecule has 3 aromatic carbocycles. The van der Waals surface area contributed by atoms with Crippen LogP contribution in [0.4, 0.5) is 0 Å². The zero-order chi connectivity index (χ0) is 33.4. The molecule has 0 saturated heterocycles. The average Bonchev–Trinajstić information content (AvgIpc) is 3.05. The third-order valence-corrected chi connectivity index (χ3v) is 8.36. The predicted molar refractivity (Wildman–Crippen MR) is 186 cm³/mol. The second-order valence-corrected chi connectivity index (χ2v) is 12.8. The number of aromatic carboxylic acids is 1. The normalized spacial score (nSPS) is 12.9. The minimum atomic E-state index is -0.950. The Morgan fingerprint density at radius 3 is 2.09 bits per heavy atom. The molecular formula is C40H51NO5. The van der Waals surface area contributed by atoms with Crippen molar-refractivity contribution in [2.75, 3.05) is 13.1 Å². The molecule has 0 bridgehead atoms. The van der Waals surface area contributed by atoms with E-state index in [1.54, 1.807) is 26.0 Å². The summed E-state index contributed by atoms with van der Waals surface area (Å²) in [6.07, 6.45) is 11.6. The van der Waals surface area contributed by atoms with Gasteiger partial charge in [0.25, 0.3) is 0 Å². The molecule has 3 rings (SSSR count). The molecule has 0 spiro atoms. The highest BCUT2D eigenvalue weighted by molar-refractivity contribution is 5.87. The van der Waals surface area contributed by atoms with Crippen LogP contribution < -0.4 is 0 Å². The van der Waals surface area contributed by atoms with E-state index in [2.05, 4.69) is 85.5 Å². The third-order valence-electron chi connectivity index (χ3n) is 8.36. The maximum absolute atomic E-state index is 11.7. The summed E-state index contributed by atoms with van der Waals surface area (Å²) in [5.41, 5.74) is 5.30. The molecule has 6 nitrogen and oxygen atoms in total. The predicted octanol–water partition coefficient (Wildman–Crippen LogP) is 8.75. The fourth-order valence-electron chi connectivity index (χ4n) is 5.18. The van der Waals surface area contributed by atoms with Crippen LogP contribution >= 0.6 is 0 Å². The molecule has 46 heavy (non-hydrogen) atoms. The lowest BCUT2D eigenvalue weighted by molar-refractivity contribution is -0.147. The number of unbranched alkanes of at least 4 members (excludes halogenated alkanes) is 1. The zero-order valence-corrected chi connectivity index (χ0v) is 28.0. The van der Waals surface area contributed by atoms with E-state index in [0.717, 1.165) is 42.4 Å². The van der Waals surface area contributed by atoms with Crippen molar-refractivity contribution >= 4 is 11.9 Å². The van der Waals surface area contributed by atoms with E-state index in [1.165, 1.54) is 11.1 Å². The van der Waals surface area contributed by atoms with Crippen LogP contribution in [-0.2, 0) is 35.5 Å². The Morgan fingerprint density at radius 1 is 0.870 bits per heavy atom. The fourth-order valence-corrected chi connectivity index (χ4v) is 5.18. The number of aryl methyl sites for hydroxylation is 2. The van der Waals surface area contributed by atoms with Crippen molar-refractivity contribution in [1.29, 1.82) is 0 Å². The molecule has 0 radical (unpaired) electrons. The molecule has 0 aliphatic carbocycles. The summed E-state index contributed by atoms with van der Waals surface area (Å²) in [7, 11) is 0. The number of allylic oxidation sites excluding steroid dienone is 3. The number of nitrogens with zero attached hydrogens (tertiary/aromatic N) is 1. The first-order valence-electron chi connectivity index (χ1n) is 16.4. The molecule has 246 valence electrons. The fraction of sp³-hybridized carbons (Fsp3) is 0.400. The first-order valence-corrected chi connectivity index (χ1v) is 16.4. The van der Waals surface area contributed by atoms with Gasteiger partial charge in [-0.3, -0.25) is 9.69 Å². The van der Waals surface area contributed by atoms with Gasteiger partial charge in [0.15, 0.2) is 0 Å². The smallest absolute Gasteiger partial charge is 0.335 e. The molecule has 0 fully saturated rings. The molecule has 2 N–H and O–H groups in total. The van der Waals surface area contributed by atoms with Crippen molar-refractivity contribution in [1.82, 2.24) is 4.90 Å². The maximum atomic E-state index is 11.7. The molecular weight excluding hydrogens is 574 g/mol. The molecule has 0 amide bonds. The average molecular weight is 626 g/mol. The van der Waals surface area contributed by atoms with E-state index in [-0.39, 0.29) is 11.7 Å². The van der Waals surface area contributed by atoms with Crippen LogP contribution in [0.2, 0.25) is 0 Å². The largest absolute Gasteiger partial charge is 0.481 e. The minimum absolute atomic E-state index is 0.185.